The monoisotopic (exact) mass is 438 g/mol. The topological polar surface area (TPSA) is 63.6 Å². The molecule has 164 valence electrons. The first-order valence-electron chi connectivity index (χ1n) is 11.0. The highest BCUT2D eigenvalue weighted by Gasteiger charge is 2.34. The van der Waals surface area contributed by atoms with Gasteiger partial charge in [0, 0.05) is 5.56 Å². The van der Waals surface area contributed by atoms with E-state index in [9.17, 15) is 14.7 Å². The first-order valence-corrected chi connectivity index (χ1v) is 11.9. The van der Waals surface area contributed by atoms with Gasteiger partial charge in [-0.2, -0.15) is 0 Å². The average Bonchev–Trinajstić information content (AvgIpc) is 3.06. The van der Waals surface area contributed by atoms with Crippen LogP contribution in [0.1, 0.15) is 59.6 Å². The molecule has 2 aromatic rings. The molecule has 2 heterocycles. The normalized spacial score (nSPS) is 23.0. The Labute approximate surface area is 188 Å². The van der Waals surface area contributed by atoms with E-state index in [1.807, 2.05) is 20.8 Å². The zero-order valence-electron chi connectivity index (χ0n) is 18.7. The van der Waals surface area contributed by atoms with Gasteiger partial charge in [0.2, 0.25) is 0 Å². The Morgan fingerprint density at radius 1 is 1.06 bits per heavy atom. The van der Waals surface area contributed by atoms with E-state index in [0.29, 0.717) is 12.2 Å². The lowest BCUT2D eigenvalue weighted by atomic mass is 9.84. The Balaban J connectivity index is 1.41. The largest absolute Gasteiger partial charge is 0.507 e. The van der Waals surface area contributed by atoms with Gasteiger partial charge in [-0.3, -0.25) is 9.59 Å². The summed E-state index contributed by atoms with van der Waals surface area (Å²) in [5.41, 5.74) is 6.12. The molecule has 0 bridgehead atoms. The van der Waals surface area contributed by atoms with E-state index in [-0.39, 0.29) is 28.2 Å². The number of ketones is 1. The fourth-order valence-electron chi connectivity index (χ4n) is 4.61. The molecule has 1 fully saturated rings. The van der Waals surface area contributed by atoms with Gasteiger partial charge in [-0.1, -0.05) is 36.0 Å². The number of ether oxygens (including phenoxy) is 1. The summed E-state index contributed by atoms with van der Waals surface area (Å²) >= 11 is 1.18. The number of aromatic hydroxyl groups is 1. The maximum atomic E-state index is 11.9. The number of aryl methyl sites for hydroxylation is 1. The van der Waals surface area contributed by atoms with Crippen molar-refractivity contribution in [2.24, 2.45) is 0 Å². The third kappa shape index (κ3) is 4.38. The first-order chi connectivity index (χ1) is 14.7. The maximum absolute atomic E-state index is 11.9. The zero-order chi connectivity index (χ0) is 22.3. The third-order valence-electron chi connectivity index (χ3n) is 6.93. The predicted octanol–water partition coefficient (Wildman–Crippen LogP) is 5.18. The Bertz CT molecular complexity index is 1040. The molecule has 4 nitrogen and oxygen atoms in total. The Morgan fingerprint density at radius 3 is 2.39 bits per heavy atom. The van der Waals surface area contributed by atoms with Crippen LogP contribution in [0.25, 0.3) is 0 Å². The lowest BCUT2D eigenvalue weighted by Gasteiger charge is -2.38. The molecular weight excluding hydrogens is 408 g/mol. The van der Waals surface area contributed by atoms with Crippen molar-refractivity contribution in [2.75, 3.05) is 0 Å². The summed E-state index contributed by atoms with van der Waals surface area (Å²) in [6.07, 6.45) is 4.37. The quantitative estimate of drug-likeness (QED) is 0.652. The molecule has 0 amide bonds. The minimum atomic E-state index is -0.237. The number of hydrogen-bond donors (Lipinski definition) is 1. The first kappa shape index (κ1) is 21.9. The van der Waals surface area contributed by atoms with Gasteiger partial charge in [0.05, 0.1) is 11.7 Å². The van der Waals surface area contributed by atoms with E-state index in [0.717, 1.165) is 59.3 Å². The van der Waals surface area contributed by atoms with Gasteiger partial charge < -0.3 is 9.84 Å². The fraction of sp³-hybridized carbons (Fsp3) is 0.462. The van der Waals surface area contributed by atoms with Crippen molar-refractivity contribution < 1.29 is 19.4 Å². The Morgan fingerprint density at radius 2 is 1.74 bits per heavy atom. The number of phenols is 1. The van der Waals surface area contributed by atoms with Crippen LogP contribution in [0.3, 0.4) is 0 Å². The van der Waals surface area contributed by atoms with Gasteiger partial charge in [0.15, 0.2) is 10.9 Å². The molecule has 2 unspecified atom stereocenters. The van der Waals surface area contributed by atoms with Gasteiger partial charge in [-0.15, -0.1) is 0 Å². The summed E-state index contributed by atoms with van der Waals surface area (Å²) in [5.74, 6) is 1.40. The summed E-state index contributed by atoms with van der Waals surface area (Å²) in [6, 6.07) is 8.40. The number of rotatable bonds is 5. The van der Waals surface area contributed by atoms with E-state index in [1.54, 1.807) is 0 Å². The average molecular weight is 439 g/mol. The van der Waals surface area contributed by atoms with Crippen molar-refractivity contribution in [3.8, 4) is 11.5 Å². The second-order valence-electron chi connectivity index (χ2n) is 9.23. The van der Waals surface area contributed by atoms with Crippen molar-refractivity contribution in [1.82, 2.24) is 0 Å². The minimum Gasteiger partial charge on any atom is -0.507 e. The van der Waals surface area contributed by atoms with Crippen LogP contribution in [0.2, 0.25) is 0 Å². The molecule has 0 saturated carbocycles. The van der Waals surface area contributed by atoms with Gasteiger partial charge in [0.25, 0.3) is 0 Å². The molecule has 2 atom stereocenters. The Hall–Kier alpha value is -2.27. The van der Waals surface area contributed by atoms with Crippen molar-refractivity contribution in [3.63, 3.8) is 0 Å². The fourth-order valence-corrected chi connectivity index (χ4v) is 5.65. The van der Waals surface area contributed by atoms with Crippen LogP contribution >= 0.6 is 11.8 Å². The molecule has 0 aliphatic carbocycles. The van der Waals surface area contributed by atoms with Crippen molar-refractivity contribution in [1.29, 1.82) is 0 Å². The summed E-state index contributed by atoms with van der Waals surface area (Å²) < 4.78 is 6.54. The molecule has 2 aliphatic rings. The second-order valence-corrected chi connectivity index (χ2v) is 10.5. The SMILES string of the molecule is Cc1c(C)c2c(c(C)c1O)CCC(C)(CCc1ccc(CC3SC(=O)CC3=O)cc1)O2. The minimum absolute atomic E-state index is 0.00949. The van der Waals surface area contributed by atoms with Crippen LogP contribution in [-0.2, 0) is 28.9 Å². The van der Waals surface area contributed by atoms with Crippen LogP contribution in [0, 0.1) is 20.8 Å². The van der Waals surface area contributed by atoms with E-state index in [4.69, 9.17) is 4.74 Å². The van der Waals surface area contributed by atoms with Gasteiger partial charge >= 0.3 is 0 Å². The molecular formula is C26H30O4S. The van der Waals surface area contributed by atoms with Crippen LogP contribution in [0.5, 0.6) is 11.5 Å². The summed E-state index contributed by atoms with van der Waals surface area (Å²) in [5, 5.41) is 10.1. The summed E-state index contributed by atoms with van der Waals surface area (Å²) in [6.45, 7) is 8.13. The molecule has 2 aromatic carbocycles. The molecule has 4 rings (SSSR count). The van der Waals surface area contributed by atoms with Crippen LogP contribution in [0.15, 0.2) is 24.3 Å². The maximum Gasteiger partial charge on any atom is 0.197 e. The number of Topliss-reactive ketones (excluding diaryl/α,β-unsaturated/α-hetero) is 1. The standard InChI is InChI=1S/C26H30O4S/c1-15-16(2)25-20(17(3)24(15)29)10-12-26(4,30-25)11-9-18-5-7-19(8-6-18)13-22-21(27)14-23(28)31-22/h5-8,22,29H,9-14H2,1-4H3. The van der Waals surface area contributed by atoms with E-state index in [2.05, 4.69) is 31.2 Å². The highest BCUT2D eigenvalue weighted by atomic mass is 32.2. The molecule has 1 saturated heterocycles. The highest BCUT2D eigenvalue weighted by Crippen LogP contribution is 2.44. The number of benzene rings is 2. The number of hydrogen-bond acceptors (Lipinski definition) is 5. The zero-order valence-corrected chi connectivity index (χ0v) is 19.5. The molecule has 2 aliphatic heterocycles. The summed E-state index contributed by atoms with van der Waals surface area (Å²) in [7, 11) is 0. The van der Waals surface area contributed by atoms with Gasteiger partial charge in [-0.05, 0) is 87.6 Å². The number of carbonyl (C=O) groups excluding carboxylic acids is 2. The number of carbonyl (C=O) groups is 2. The van der Waals surface area contributed by atoms with E-state index >= 15 is 0 Å². The number of phenolic OH excluding ortho intramolecular Hbond substituents is 1. The van der Waals surface area contributed by atoms with Gasteiger partial charge in [-0.25, -0.2) is 0 Å². The van der Waals surface area contributed by atoms with Crippen LogP contribution < -0.4 is 4.74 Å². The number of fused-ring (bicyclic) bond motifs is 1. The van der Waals surface area contributed by atoms with Crippen molar-refractivity contribution in [3.05, 3.63) is 57.6 Å². The molecule has 0 aromatic heterocycles. The highest BCUT2D eigenvalue weighted by molar-refractivity contribution is 8.15. The smallest absolute Gasteiger partial charge is 0.197 e. The Kier molecular flexibility index (Phi) is 5.91. The molecule has 1 N–H and O–H groups in total. The van der Waals surface area contributed by atoms with Crippen LogP contribution in [0.4, 0.5) is 0 Å². The predicted molar refractivity (Wildman–Crippen MR) is 124 cm³/mol. The van der Waals surface area contributed by atoms with Crippen molar-refractivity contribution in [2.45, 2.75) is 77.1 Å². The molecule has 31 heavy (non-hydrogen) atoms. The number of thioether (sulfide) groups is 1. The molecule has 0 spiro atoms. The lowest BCUT2D eigenvalue weighted by molar-refractivity contribution is -0.121. The second kappa shape index (κ2) is 8.34. The van der Waals surface area contributed by atoms with Crippen molar-refractivity contribution >= 4 is 22.7 Å². The van der Waals surface area contributed by atoms with Gasteiger partial charge in [0.1, 0.15) is 17.1 Å². The molecule has 5 heteroatoms. The van der Waals surface area contributed by atoms with E-state index in [1.165, 1.54) is 17.3 Å². The molecule has 0 radical (unpaired) electrons. The van der Waals surface area contributed by atoms with E-state index < -0.39 is 0 Å². The summed E-state index contributed by atoms with van der Waals surface area (Å²) in [4.78, 5) is 23.3. The lowest BCUT2D eigenvalue weighted by Crippen LogP contribution is -2.37. The third-order valence-corrected chi connectivity index (χ3v) is 8.05. The van der Waals surface area contributed by atoms with Crippen LogP contribution in [-0.4, -0.2) is 26.9 Å².